The molecule has 3 nitrogen and oxygen atoms in total. The van der Waals surface area contributed by atoms with Crippen molar-refractivity contribution in [1.82, 2.24) is 4.90 Å². The summed E-state index contributed by atoms with van der Waals surface area (Å²) in [6, 6.07) is 5.88. The van der Waals surface area contributed by atoms with Crippen molar-refractivity contribution in [1.29, 1.82) is 0 Å². The highest BCUT2D eigenvalue weighted by Crippen LogP contribution is 2.22. The van der Waals surface area contributed by atoms with Crippen molar-refractivity contribution in [3.63, 3.8) is 0 Å². The number of carbonyl (C=O) groups excluding carboxylic acids is 1. The van der Waals surface area contributed by atoms with Crippen LogP contribution >= 0.6 is 54.5 Å². The number of carbonyl (C=O) groups is 1. The van der Waals surface area contributed by atoms with Gasteiger partial charge in [-0.1, -0.05) is 31.9 Å². The third-order valence-corrected chi connectivity index (χ3v) is 5.01. The number of hydrogen-bond donors (Lipinski definition) is 0. The minimum absolute atomic E-state index is 0.0773. The summed E-state index contributed by atoms with van der Waals surface area (Å²) in [4.78, 5) is 14.5. The maximum absolute atomic E-state index is 12.6. The molecule has 0 N–H and O–H groups in total. The van der Waals surface area contributed by atoms with Crippen LogP contribution in [0.2, 0.25) is 0 Å². The van der Waals surface area contributed by atoms with Gasteiger partial charge in [0, 0.05) is 19.9 Å². The average molecular weight is 489 g/mol. The molecular formula is C12H12Br2INO2. The molecule has 1 amide bonds. The topological polar surface area (TPSA) is 29.5 Å². The number of amides is 1. The van der Waals surface area contributed by atoms with Crippen molar-refractivity contribution in [2.75, 3.05) is 25.1 Å². The molecule has 98 valence electrons. The molecule has 1 atom stereocenters. The number of benzene rings is 1. The van der Waals surface area contributed by atoms with Crippen LogP contribution in [-0.4, -0.2) is 41.9 Å². The molecule has 0 aromatic heterocycles. The van der Waals surface area contributed by atoms with Crippen molar-refractivity contribution >= 4 is 60.4 Å². The summed E-state index contributed by atoms with van der Waals surface area (Å²) in [5, 5.41) is 0.739. The van der Waals surface area contributed by atoms with Crippen LogP contribution in [-0.2, 0) is 4.74 Å². The Morgan fingerprint density at radius 2 is 2.33 bits per heavy atom. The van der Waals surface area contributed by atoms with Crippen molar-refractivity contribution in [3.8, 4) is 0 Å². The predicted molar refractivity (Wildman–Crippen MR) is 86.3 cm³/mol. The normalized spacial score (nSPS) is 19.9. The molecule has 1 heterocycles. The zero-order chi connectivity index (χ0) is 13.1. The van der Waals surface area contributed by atoms with E-state index < -0.39 is 0 Å². The molecule has 0 aliphatic carbocycles. The number of rotatable bonds is 2. The number of morpholine rings is 1. The summed E-state index contributed by atoms with van der Waals surface area (Å²) in [6.45, 7) is 1.86. The Morgan fingerprint density at radius 3 is 3.06 bits per heavy atom. The smallest absolute Gasteiger partial charge is 0.255 e. The van der Waals surface area contributed by atoms with Gasteiger partial charge in [-0.15, -0.1) is 0 Å². The monoisotopic (exact) mass is 487 g/mol. The predicted octanol–water partition coefficient (Wildman–Crippen LogP) is 3.29. The van der Waals surface area contributed by atoms with Crippen LogP contribution in [0, 0.1) is 3.57 Å². The van der Waals surface area contributed by atoms with Crippen LogP contribution in [0.5, 0.6) is 0 Å². The highest BCUT2D eigenvalue weighted by molar-refractivity contribution is 14.1. The standard InChI is InChI=1S/C12H12Br2INO2/c13-6-9-7-18-4-3-16(9)12(17)10-5-8(14)1-2-11(10)15/h1-2,5,9H,3-4,6-7H2. The Hall–Kier alpha value is 0.340. The van der Waals surface area contributed by atoms with Crippen molar-refractivity contribution in [2.45, 2.75) is 6.04 Å². The molecule has 1 fully saturated rings. The van der Waals surface area contributed by atoms with Gasteiger partial charge in [-0.25, -0.2) is 0 Å². The van der Waals surface area contributed by atoms with Gasteiger partial charge in [0.2, 0.25) is 0 Å². The molecule has 1 aromatic rings. The minimum Gasteiger partial charge on any atom is -0.377 e. The highest BCUT2D eigenvalue weighted by atomic mass is 127. The van der Waals surface area contributed by atoms with E-state index in [0.717, 1.165) is 18.9 Å². The molecule has 18 heavy (non-hydrogen) atoms. The van der Waals surface area contributed by atoms with E-state index in [1.54, 1.807) is 0 Å². The first kappa shape index (κ1) is 14.7. The molecule has 2 rings (SSSR count). The summed E-state index contributed by atoms with van der Waals surface area (Å²) in [6.07, 6.45) is 0. The zero-order valence-corrected chi connectivity index (χ0v) is 14.9. The molecule has 1 saturated heterocycles. The van der Waals surface area contributed by atoms with E-state index in [0.29, 0.717) is 19.8 Å². The summed E-state index contributed by atoms with van der Waals surface area (Å²) < 4.78 is 7.31. The van der Waals surface area contributed by atoms with Crippen molar-refractivity contribution in [3.05, 3.63) is 31.8 Å². The summed E-state index contributed by atoms with van der Waals surface area (Å²) in [7, 11) is 0. The molecule has 0 radical (unpaired) electrons. The van der Waals surface area contributed by atoms with Gasteiger partial charge in [0.15, 0.2) is 0 Å². The van der Waals surface area contributed by atoms with Crippen LogP contribution in [0.25, 0.3) is 0 Å². The SMILES string of the molecule is O=C(c1cc(Br)ccc1I)N1CCOCC1CBr. The van der Waals surface area contributed by atoms with Crippen LogP contribution in [0.1, 0.15) is 10.4 Å². The summed E-state index contributed by atoms with van der Waals surface area (Å²) >= 11 is 9.05. The summed E-state index contributed by atoms with van der Waals surface area (Å²) in [5.41, 5.74) is 0.748. The second-order valence-electron chi connectivity index (χ2n) is 4.01. The van der Waals surface area contributed by atoms with E-state index in [1.807, 2.05) is 23.1 Å². The van der Waals surface area contributed by atoms with Gasteiger partial charge in [0.1, 0.15) is 0 Å². The van der Waals surface area contributed by atoms with Gasteiger partial charge < -0.3 is 9.64 Å². The Kier molecular flexibility index (Phi) is 5.47. The van der Waals surface area contributed by atoms with Gasteiger partial charge in [-0.05, 0) is 40.8 Å². The maximum atomic E-state index is 12.6. The lowest BCUT2D eigenvalue weighted by molar-refractivity contribution is 0.00518. The molecule has 1 unspecified atom stereocenters. The maximum Gasteiger partial charge on any atom is 0.255 e. The van der Waals surface area contributed by atoms with E-state index in [1.165, 1.54) is 0 Å². The van der Waals surface area contributed by atoms with Crippen molar-refractivity contribution < 1.29 is 9.53 Å². The molecular weight excluding hydrogens is 477 g/mol. The third kappa shape index (κ3) is 3.26. The Morgan fingerprint density at radius 1 is 1.56 bits per heavy atom. The fourth-order valence-corrected chi connectivity index (χ4v) is 3.33. The van der Waals surface area contributed by atoms with E-state index >= 15 is 0 Å². The second-order valence-corrected chi connectivity index (χ2v) is 6.73. The fraction of sp³-hybridized carbons (Fsp3) is 0.417. The van der Waals surface area contributed by atoms with Gasteiger partial charge in [0.25, 0.3) is 5.91 Å². The number of hydrogen-bond acceptors (Lipinski definition) is 2. The van der Waals surface area contributed by atoms with Gasteiger partial charge in [0.05, 0.1) is 24.8 Å². The molecule has 1 aliphatic heterocycles. The third-order valence-electron chi connectivity index (χ3n) is 2.83. The van der Waals surface area contributed by atoms with Gasteiger partial charge >= 0.3 is 0 Å². The molecule has 0 saturated carbocycles. The lowest BCUT2D eigenvalue weighted by atomic mass is 10.1. The number of halogens is 3. The molecule has 6 heteroatoms. The van der Waals surface area contributed by atoms with E-state index in [-0.39, 0.29) is 11.9 Å². The molecule has 0 bridgehead atoms. The number of alkyl halides is 1. The van der Waals surface area contributed by atoms with E-state index in [4.69, 9.17) is 4.74 Å². The second kappa shape index (κ2) is 6.67. The minimum atomic E-state index is 0.0773. The van der Waals surface area contributed by atoms with Crippen LogP contribution < -0.4 is 0 Å². The van der Waals surface area contributed by atoms with Crippen LogP contribution in [0.3, 0.4) is 0 Å². The zero-order valence-electron chi connectivity index (χ0n) is 9.54. The Balaban J connectivity index is 2.26. The van der Waals surface area contributed by atoms with Gasteiger partial charge in [-0.3, -0.25) is 4.79 Å². The number of ether oxygens (including phenoxy) is 1. The molecule has 1 aromatic carbocycles. The fourth-order valence-electron chi connectivity index (χ4n) is 1.87. The van der Waals surface area contributed by atoms with E-state index in [2.05, 4.69) is 54.5 Å². The average Bonchev–Trinajstić information content (AvgIpc) is 2.40. The first-order chi connectivity index (χ1) is 8.63. The quantitative estimate of drug-likeness (QED) is 0.472. The van der Waals surface area contributed by atoms with Crippen LogP contribution in [0.4, 0.5) is 0 Å². The Labute approximate surface area is 137 Å². The van der Waals surface area contributed by atoms with E-state index in [9.17, 15) is 4.79 Å². The largest absolute Gasteiger partial charge is 0.377 e. The molecule has 0 spiro atoms. The van der Waals surface area contributed by atoms with Crippen molar-refractivity contribution in [2.24, 2.45) is 0 Å². The Bertz CT molecular complexity index is 456. The first-order valence-corrected chi connectivity index (χ1v) is 8.52. The lowest BCUT2D eigenvalue weighted by Gasteiger charge is -2.34. The highest BCUT2D eigenvalue weighted by Gasteiger charge is 2.28. The first-order valence-electron chi connectivity index (χ1n) is 5.53. The summed E-state index contributed by atoms with van der Waals surface area (Å²) in [5.74, 6) is 0.0773. The molecule has 1 aliphatic rings. The number of nitrogens with zero attached hydrogens (tertiary/aromatic N) is 1. The van der Waals surface area contributed by atoms with Gasteiger partial charge in [-0.2, -0.15) is 0 Å². The lowest BCUT2D eigenvalue weighted by Crippen LogP contribution is -2.49. The van der Waals surface area contributed by atoms with Crippen LogP contribution in [0.15, 0.2) is 22.7 Å².